The summed E-state index contributed by atoms with van der Waals surface area (Å²) in [4.78, 5) is 0. The molecule has 0 heterocycles. The Labute approximate surface area is 156 Å². The van der Waals surface area contributed by atoms with Gasteiger partial charge in [0, 0.05) is 7.11 Å². The third kappa shape index (κ3) is 3.61. The van der Waals surface area contributed by atoms with Gasteiger partial charge in [0.15, 0.2) is 8.32 Å². The molecule has 1 aromatic carbocycles. The molecule has 0 saturated heterocycles. The predicted octanol–water partition coefficient (Wildman–Crippen LogP) is 6.60. The Kier molecular flexibility index (Phi) is 5.38. The van der Waals surface area contributed by atoms with Gasteiger partial charge in [0.1, 0.15) is 0 Å². The van der Waals surface area contributed by atoms with Gasteiger partial charge in [0.25, 0.3) is 0 Å². The molecule has 0 radical (unpaired) electrons. The number of rotatable bonds is 4. The lowest BCUT2D eigenvalue weighted by Gasteiger charge is -2.42. The Bertz CT molecular complexity index is 622. The molecule has 1 aliphatic rings. The van der Waals surface area contributed by atoms with E-state index in [9.17, 15) is 0 Å². The molecule has 0 bridgehead atoms. The smallest absolute Gasteiger partial charge is 0.192 e. The van der Waals surface area contributed by atoms with E-state index in [1.165, 1.54) is 16.7 Å². The highest BCUT2D eigenvalue weighted by molar-refractivity contribution is 6.74. The first kappa shape index (κ1) is 20.7. The largest absolute Gasteiger partial charge is 0.410 e. The maximum absolute atomic E-state index is 6.77. The van der Waals surface area contributed by atoms with Crippen LogP contribution in [0.3, 0.4) is 0 Å². The molecule has 1 unspecified atom stereocenters. The van der Waals surface area contributed by atoms with Gasteiger partial charge in [-0.25, -0.2) is 0 Å². The summed E-state index contributed by atoms with van der Waals surface area (Å²) in [6.07, 6.45) is 2.40. The fourth-order valence-electron chi connectivity index (χ4n) is 3.54. The lowest BCUT2D eigenvalue weighted by molar-refractivity contribution is -0.0842. The first-order valence-corrected chi connectivity index (χ1v) is 12.5. The van der Waals surface area contributed by atoms with E-state index in [1.54, 1.807) is 0 Å². The van der Waals surface area contributed by atoms with Crippen molar-refractivity contribution in [3.8, 4) is 0 Å². The van der Waals surface area contributed by atoms with Gasteiger partial charge in [0.05, 0.1) is 11.7 Å². The molecule has 0 N–H and O–H groups in total. The van der Waals surface area contributed by atoms with Crippen LogP contribution in [0.1, 0.15) is 77.7 Å². The SMILES string of the molecule is CO[C@](C)(c1cccc2c1CCC2O[Si](C)(C)C(C)(C)C)C(C)(C)C. The summed E-state index contributed by atoms with van der Waals surface area (Å²) in [5.41, 5.74) is 3.89. The fourth-order valence-corrected chi connectivity index (χ4v) is 4.85. The van der Waals surface area contributed by atoms with Crippen molar-refractivity contribution in [1.29, 1.82) is 0 Å². The average Bonchev–Trinajstić information content (AvgIpc) is 2.86. The number of hydrogen-bond donors (Lipinski definition) is 0. The van der Waals surface area contributed by atoms with E-state index in [0.29, 0.717) is 0 Å². The van der Waals surface area contributed by atoms with Gasteiger partial charge in [-0.05, 0) is 60.0 Å². The van der Waals surface area contributed by atoms with Gasteiger partial charge in [-0.1, -0.05) is 59.7 Å². The number of fused-ring (bicyclic) bond motifs is 1. The second-order valence-electron chi connectivity index (χ2n) is 10.3. The topological polar surface area (TPSA) is 18.5 Å². The molecule has 1 aliphatic carbocycles. The Morgan fingerprint density at radius 3 is 2.08 bits per heavy atom. The Balaban J connectivity index is 2.44. The molecular weight excluding hydrogens is 324 g/mol. The molecule has 1 aromatic rings. The molecule has 2 nitrogen and oxygen atoms in total. The van der Waals surface area contributed by atoms with Crippen molar-refractivity contribution < 1.29 is 9.16 Å². The van der Waals surface area contributed by atoms with Gasteiger partial charge in [-0.15, -0.1) is 0 Å². The lowest BCUT2D eigenvalue weighted by Crippen LogP contribution is -2.41. The van der Waals surface area contributed by atoms with Gasteiger partial charge in [0.2, 0.25) is 0 Å². The zero-order chi connectivity index (χ0) is 19.3. The van der Waals surface area contributed by atoms with Crippen LogP contribution in [0.5, 0.6) is 0 Å². The van der Waals surface area contributed by atoms with E-state index in [1.807, 2.05) is 7.11 Å². The van der Waals surface area contributed by atoms with Gasteiger partial charge in [-0.3, -0.25) is 0 Å². The highest BCUT2D eigenvalue weighted by Crippen LogP contribution is 2.49. The summed E-state index contributed by atoms with van der Waals surface area (Å²) < 4.78 is 12.8. The van der Waals surface area contributed by atoms with Crippen molar-refractivity contribution in [1.82, 2.24) is 0 Å². The molecule has 142 valence electrons. The van der Waals surface area contributed by atoms with Crippen LogP contribution in [0.15, 0.2) is 18.2 Å². The zero-order valence-electron chi connectivity index (χ0n) is 18.0. The van der Waals surface area contributed by atoms with Gasteiger partial charge >= 0.3 is 0 Å². The quantitative estimate of drug-likeness (QED) is 0.561. The normalized spacial score (nSPS) is 21.1. The zero-order valence-corrected chi connectivity index (χ0v) is 19.0. The molecule has 2 rings (SSSR count). The van der Waals surface area contributed by atoms with E-state index < -0.39 is 8.32 Å². The molecule has 0 spiro atoms. The van der Waals surface area contributed by atoms with Crippen molar-refractivity contribution in [2.24, 2.45) is 5.41 Å². The van der Waals surface area contributed by atoms with E-state index in [4.69, 9.17) is 9.16 Å². The van der Waals surface area contributed by atoms with Crippen LogP contribution in [0, 0.1) is 5.41 Å². The van der Waals surface area contributed by atoms with Crippen LogP contribution in [-0.4, -0.2) is 15.4 Å². The monoisotopic (exact) mass is 362 g/mol. The van der Waals surface area contributed by atoms with E-state index in [-0.39, 0.29) is 22.2 Å². The molecule has 2 atom stereocenters. The molecule has 0 amide bonds. The van der Waals surface area contributed by atoms with Crippen LogP contribution in [0.4, 0.5) is 0 Å². The number of ether oxygens (including phenoxy) is 1. The second-order valence-corrected chi connectivity index (χ2v) is 15.0. The third-order valence-electron chi connectivity index (χ3n) is 6.81. The Hall–Kier alpha value is -0.643. The summed E-state index contributed by atoms with van der Waals surface area (Å²) in [5, 5.41) is 0.236. The molecule has 0 aromatic heterocycles. The highest BCUT2D eigenvalue weighted by Gasteiger charge is 2.44. The van der Waals surface area contributed by atoms with Gasteiger partial charge < -0.3 is 9.16 Å². The van der Waals surface area contributed by atoms with E-state index in [2.05, 4.69) is 79.8 Å². The number of methoxy groups -OCH3 is 1. The molecule has 0 fully saturated rings. The lowest BCUT2D eigenvalue weighted by atomic mass is 9.71. The molecular formula is C22H38O2Si. The third-order valence-corrected chi connectivity index (χ3v) is 11.3. The van der Waals surface area contributed by atoms with Crippen LogP contribution in [0.2, 0.25) is 18.1 Å². The summed E-state index contributed by atoms with van der Waals surface area (Å²) >= 11 is 0. The van der Waals surface area contributed by atoms with Crippen molar-refractivity contribution in [3.63, 3.8) is 0 Å². The maximum Gasteiger partial charge on any atom is 0.192 e. The summed E-state index contributed by atoms with van der Waals surface area (Å²) in [5.74, 6) is 0. The van der Waals surface area contributed by atoms with E-state index >= 15 is 0 Å². The number of hydrogen-bond acceptors (Lipinski definition) is 2. The average molecular weight is 363 g/mol. The molecule has 0 saturated carbocycles. The van der Waals surface area contributed by atoms with E-state index in [0.717, 1.165) is 12.8 Å². The van der Waals surface area contributed by atoms with Crippen molar-refractivity contribution in [2.45, 2.75) is 91.1 Å². The summed E-state index contributed by atoms with van der Waals surface area (Å²) in [7, 11) is 0.0586. The molecule has 3 heteroatoms. The first-order valence-electron chi connectivity index (χ1n) is 9.60. The minimum atomic E-state index is -1.78. The first-order chi connectivity index (χ1) is 11.2. The second kappa shape index (κ2) is 6.51. The fraction of sp³-hybridized carbons (Fsp3) is 0.727. The Morgan fingerprint density at radius 2 is 1.60 bits per heavy atom. The van der Waals surface area contributed by atoms with Crippen molar-refractivity contribution in [3.05, 3.63) is 34.9 Å². The maximum atomic E-state index is 6.77. The van der Waals surface area contributed by atoms with Gasteiger partial charge in [-0.2, -0.15) is 0 Å². The van der Waals surface area contributed by atoms with Crippen LogP contribution < -0.4 is 0 Å². The minimum absolute atomic E-state index is 0.0231. The standard InChI is InChI=1S/C22H38O2Si/c1-20(2,3)22(7,23-8)18-13-11-12-17-16(18)14-15-19(17)24-25(9,10)21(4,5)6/h11-13,19H,14-15H2,1-10H3/t19?,22-/m1/s1. The van der Waals surface area contributed by atoms with Crippen LogP contribution in [0.25, 0.3) is 0 Å². The molecule has 0 aliphatic heterocycles. The summed E-state index contributed by atoms with van der Waals surface area (Å²) in [6.45, 7) is 20.6. The highest BCUT2D eigenvalue weighted by atomic mass is 28.4. The van der Waals surface area contributed by atoms with Crippen molar-refractivity contribution >= 4 is 8.32 Å². The molecule has 25 heavy (non-hydrogen) atoms. The van der Waals surface area contributed by atoms with Crippen LogP contribution >= 0.6 is 0 Å². The van der Waals surface area contributed by atoms with Crippen LogP contribution in [-0.2, 0) is 21.2 Å². The predicted molar refractivity (Wildman–Crippen MR) is 110 cm³/mol. The summed E-state index contributed by atoms with van der Waals surface area (Å²) in [6, 6.07) is 6.70. The number of benzene rings is 1. The Morgan fingerprint density at radius 1 is 1.00 bits per heavy atom. The van der Waals surface area contributed by atoms with Crippen molar-refractivity contribution in [2.75, 3.05) is 7.11 Å². The minimum Gasteiger partial charge on any atom is -0.410 e.